The number of allylic oxidation sites excluding steroid dienone is 2. The molecule has 0 aromatic carbocycles. The fourth-order valence-corrected chi connectivity index (χ4v) is 2.37. The lowest BCUT2D eigenvalue weighted by molar-refractivity contribution is -0.164. The second-order valence-corrected chi connectivity index (χ2v) is 4.42. The summed E-state index contributed by atoms with van der Waals surface area (Å²) >= 11 is 0. The molecule has 3 unspecified atom stereocenters. The van der Waals surface area contributed by atoms with Crippen molar-refractivity contribution in [1.29, 1.82) is 0 Å². The molecule has 0 aromatic heterocycles. The number of hydrogen-bond donors (Lipinski definition) is 2. The highest BCUT2D eigenvalue weighted by atomic mass is 16.6. The minimum absolute atomic E-state index is 0.0792. The lowest BCUT2D eigenvalue weighted by Gasteiger charge is -2.35. The van der Waals surface area contributed by atoms with Gasteiger partial charge in [0.15, 0.2) is 0 Å². The molecule has 5 nitrogen and oxygen atoms in total. The first kappa shape index (κ1) is 11.1. The number of rotatable bonds is 4. The maximum atomic E-state index is 11.4. The van der Waals surface area contributed by atoms with Gasteiger partial charge in [0.05, 0.1) is 24.0 Å². The first-order valence-electron chi connectivity index (χ1n) is 5.29. The molecule has 1 aliphatic carbocycles. The predicted octanol–water partition coefficient (Wildman–Crippen LogP) is 0.897. The van der Waals surface area contributed by atoms with E-state index in [-0.39, 0.29) is 18.9 Å². The third kappa shape index (κ3) is 1.82. The summed E-state index contributed by atoms with van der Waals surface area (Å²) in [6.45, 7) is 0.547. The van der Waals surface area contributed by atoms with Crippen LogP contribution in [0.25, 0.3) is 0 Å². The van der Waals surface area contributed by atoms with Gasteiger partial charge in [0.25, 0.3) is 0 Å². The minimum atomic E-state index is -1.19. The number of ether oxygens (including phenoxy) is 1. The van der Waals surface area contributed by atoms with Crippen LogP contribution in [0.15, 0.2) is 12.2 Å². The van der Waals surface area contributed by atoms with Gasteiger partial charge >= 0.3 is 11.9 Å². The van der Waals surface area contributed by atoms with E-state index in [2.05, 4.69) is 0 Å². The Hall–Kier alpha value is -1.36. The number of hydrogen-bond acceptors (Lipinski definition) is 3. The molecule has 1 heterocycles. The summed E-state index contributed by atoms with van der Waals surface area (Å²) in [7, 11) is 0. The highest BCUT2D eigenvalue weighted by Crippen LogP contribution is 2.44. The monoisotopic (exact) mass is 226 g/mol. The van der Waals surface area contributed by atoms with Crippen molar-refractivity contribution in [3.05, 3.63) is 12.2 Å². The van der Waals surface area contributed by atoms with Gasteiger partial charge in [0, 0.05) is 0 Å². The maximum absolute atomic E-state index is 11.4. The fraction of sp³-hybridized carbons (Fsp3) is 0.636. The van der Waals surface area contributed by atoms with Crippen molar-refractivity contribution in [3.63, 3.8) is 0 Å². The van der Waals surface area contributed by atoms with Crippen LogP contribution in [-0.2, 0) is 14.3 Å². The molecule has 0 radical (unpaired) electrons. The van der Waals surface area contributed by atoms with Crippen molar-refractivity contribution in [1.82, 2.24) is 0 Å². The van der Waals surface area contributed by atoms with Crippen LogP contribution in [0.1, 0.15) is 19.3 Å². The molecule has 16 heavy (non-hydrogen) atoms. The number of epoxide rings is 1. The number of carboxylic acid groups (broad SMARTS) is 2. The first-order valence-corrected chi connectivity index (χ1v) is 5.29. The van der Waals surface area contributed by atoms with Gasteiger partial charge in [0.1, 0.15) is 0 Å². The third-order valence-corrected chi connectivity index (χ3v) is 3.41. The molecule has 1 saturated heterocycles. The van der Waals surface area contributed by atoms with Crippen molar-refractivity contribution in [3.8, 4) is 0 Å². The summed E-state index contributed by atoms with van der Waals surface area (Å²) in [6, 6.07) is 0. The lowest BCUT2D eigenvalue weighted by atomic mass is 9.66. The van der Waals surface area contributed by atoms with E-state index in [0.29, 0.717) is 13.0 Å². The van der Waals surface area contributed by atoms with Gasteiger partial charge < -0.3 is 14.9 Å². The van der Waals surface area contributed by atoms with Crippen molar-refractivity contribution >= 4 is 11.9 Å². The quantitative estimate of drug-likeness (QED) is 0.549. The van der Waals surface area contributed by atoms with Gasteiger partial charge in [-0.2, -0.15) is 0 Å². The summed E-state index contributed by atoms with van der Waals surface area (Å²) in [5.41, 5.74) is -1.19. The predicted molar refractivity (Wildman–Crippen MR) is 53.9 cm³/mol. The van der Waals surface area contributed by atoms with Gasteiger partial charge in [-0.25, -0.2) is 0 Å². The summed E-state index contributed by atoms with van der Waals surface area (Å²) < 4.78 is 5.03. The van der Waals surface area contributed by atoms with Gasteiger partial charge in [-0.3, -0.25) is 9.59 Å². The van der Waals surface area contributed by atoms with Crippen molar-refractivity contribution in [2.24, 2.45) is 11.3 Å². The topological polar surface area (TPSA) is 87.1 Å². The summed E-state index contributed by atoms with van der Waals surface area (Å²) in [5, 5.41) is 18.4. The van der Waals surface area contributed by atoms with E-state index in [1.54, 1.807) is 12.2 Å². The van der Waals surface area contributed by atoms with Crippen LogP contribution in [-0.4, -0.2) is 34.9 Å². The molecule has 0 amide bonds. The molecule has 0 spiro atoms. The van der Waals surface area contributed by atoms with Gasteiger partial charge in [-0.1, -0.05) is 12.2 Å². The van der Waals surface area contributed by atoms with E-state index in [0.717, 1.165) is 0 Å². The molecule has 2 rings (SSSR count). The normalized spacial score (nSPS) is 37.0. The van der Waals surface area contributed by atoms with Crippen molar-refractivity contribution < 1.29 is 24.5 Å². The average molecular weight is 226 g/mol. The van der Waals surface area contributed by atoms with Crippen LogP contribution in [0, 0.1) is 11.3 Å². The number of carbonyl (C=O) groups is 2. The summed E-state index contributed by atoms with van der Waals surface area (Å²) in [4.78, 5) is 22.5. The molecule has 5 heteroatoms. The molecule has 3 atom stereocenters. The molecular formula is C11H14O5. The molecule has 0 saturated carbocycles. The lowest BCUT2D eigenvalue weighted by Crippen LogP contribution is -2.44. The van der Waals surface area contributed by atoms with Crippen LogP contribution >= 0.6 is 0 Å². The largest absolute Gasteiger partial charge is 0.481 e. The smallest absolute Gasteiger partial charge is 0.310 e. The van der Waals surface area contributed by atoms with Gasteiger partial charge in [-0.15, -0.1) is 0 Å². The van der Waals surface area contributed by atoms with E-state index >= 15 is 0 Å². The first-order chi connectivity index (χ1) is 7.56. The molecule has 88 valence electrons. The number of aliphatic carboxylic acids is 2. The molecule has 1 aliphatic heterocycles. The second-order valence-electron chi connectivity index (χ2n) is 4.42. The van der Waals surface area contributed by atoms with Gasteiger partial charge in [0.2, 0.25) is 0 Å². The van der Waals surface area contributed by atoms with Crippen LogP contribution < -0.4 is 0 Å². The van der Waals surface area contributed by atoms with Crippen molar-refractivity contribution in [2.75, 3.05) is 6.61 Å². The van der Waals surface area contributed by atoms with Crippen molar-refractivity contribution in [2.45, 2.75) is 25.4 Å². The number of carboxylic acids is 2. The Morgan fingerprint density at radius 3 is 2.56 bits per heavy atom. The Balaban J connectivity index is 2.28. The zero-order valence-electron chi connectivity index (χ0n) is 8.76. The zero-order chi connectivity index (χ0) is 11.8. The molecule has 2 N–H and O–H groups in total. The van der Waals surface area contributed by atoms with E-state index in [1.807, 2.05) is 0 Å². The Labute approximate surface area is 92.7 Å². The molecule has 1 fully saturated rings. The Morgan fingerprint density at radius 2 is 2.06 bits per heavy atom. The molecular weight excluding hydrogens is 212 g/mol. The highest BCUT2D eigenvalue weighted by Gasteiger charge is 2.52. The van der Waals surface area contributed by atoms with E-state index in [4.69, 9.17) is 9.84 Å². The van der Waals surface area contributed by atoms with Crippen LogP contribution in [0.4, 0.5) is 0 Å². The Morgan fingerprint density at radius 1 is 1.38 bits per heavy atom. The maximum Gasteiger partial charge on any atom is 0.310 e. The standard InChI is InChI=1S/C11H14O5/c12-9(13)8-3-1-2-4-11(8,10(14)15)5-7-6-16-7/h1-2,7-8H,3-6H2,(H,12,13)(H,14,15). The van der Waals surface area contributed by atoms with Crippen LogP contribution in [0.5, 0.6) is 0 Å². The van der Waals surface area contributed by atoms with E-state index in [9.17, 15) is 14.7 Å². The molecule has 0 bridgehead atoms. The third-order valence-electron chi connectivity index (χ3n) is 3.41. The second kappa shape index (κ2) is 3.90. The fourth-order valence-electron chi connectivity index (χ4n) is 2.37. The minimum Gasteiger partial charge on any atom is -0.481 e. The Kier molecular flexibility index (Phi) is 2.71. The van der Waals surface area contributed by atoms with E-state index < -0.39 is 23.3 Å². The zero-order valence-corrected chi connectivity index (χ0v) is 8.76. The van der Waals surface area contributed by atoms with Crippen LogP contribution in [0.3, 0.4) is 0 Å². The average Bonchev–Trinajstić information content (AvgIpc) is 3.01. The molecule has 2 aliphatic rings. The summed E-state index contributed by atoms with van der Waals surface area (Å²) in [6.07, 6.45) is 4.28. The molecule has 0 aromatic rings. The van der Waals surface area contributed by atoms with Crippen LogP contribution in [0.2, 0.25) is 0 Å². The summed E-state index contributed by atoms with van der Waals surface area (Å²) in [5.74, 6) is -2.91. The van der Waals surface area contributed by atoms with E-state index in [1.165, 1.54) is 0 Å². The van der Waals surface area contributed by atoms with Gasteiger partial charge in [-0.05, 0) is 19.3 Å². The SMILES string of the molecule is O=C(O)C1CC=CCC1(CC1CO1)C(=O)O. The Bertz CT molecular complexity index is 344. The highest BCUT2D eigenvalue weighted by molar-refractivity contribution is 5.84.